The molecule has 0 aliphatic carbocycles. The van der Waals surface area contributed by atoms with Crippen molar-refractivity contribution in [3.63, 3.8) is 0 Å². The van der Waals surface area contributed by atoms with Crippen LogP contribution in [-0.4, -0.2) is 14.5 Å². The van der Waals surface area contributed by atoms with Crippen molar-refractivity contribution in [2.75, 3.05) is 0 Å². The van der Waals surface area contributed by atoms with Gasteiger partial charge in [0.15, 0.2) is 5.65 Å². The number of hydrogen-bond donors (Lipinski definition) is 0. The smallest absolute Gasteiger partial charge is 0.160 e. The Hall–Kier alpha value is -1.39. The fourth-order valence-electron chi connectivity index (χ4n) is 2.66. The Labute approximate surface area is 133 Å². The summed E-state index contributed by atoms with van der Waals surface area (Å²) in [5.41, 5.74) is 4.31. The second-order valence-electron chi connectivity index (χ2n) is 5.50. The number of aryl methyl sites for hydroxylation is 1. The van der Waals surface area contributed by atoms with Crippen LogP contribution >= 0.6 is 22.9 Å². The molecule has 0 N–H and O–H groups in total. The zero-order valence-corrected chi connectivity index (χ0v) is 13.9. The molecule has 0 fully saturated rings. The van der Waals surface area contributed by atoms with Crippen LogP contribution in [0.15, 0.2) is 29.1 Å². The van der Waals surface area contributed by atoms with Crippen LogP contribution in [0.5, 0.6) is 0 Å². The number of hydrogen-bond acceptors (Lipinski definition) is 3. The number of thiophene rings is 1. The second kappa shape index (κ2) is 5.78. The summed E-state index contributed by atoms with van der Waals surface area (Å²) in [6.07, 6.45) is 2.85. The van der Waals surface area contributed by atoms with Gasteiger partial charge in [0.2, 0.25) is 0 Å². The van der Waals surface area contributed by atoms with Crippen molar-refractivity contribution in [1.29, 1.82) is 0 Å². The summed E-state index contributed by atoms with van der Waals surface area (Å²) in [6, 6.07) is 4.51. The van der Waals surface area contributed by atoms with Gasteiger partial charge in [-0.05, 0) is 61.2 Å². The standard InChI is InChI=1S/C16H18ClN3S/c1-10-6-14-16(18-8-10)20(15(19-14)12(3)17)11(2)7-13-4-5-21-9-13/h4-6,8-9,11-12H,7H2,1-3H3. The quantitative estimate of drug-likeness (QED) is 0.640. The zero-order valence-electron chi connectivity index (χ0n) is 12.4. The van der Waals surface area contributed by atoms with Crippen LogP contribution in [-0.2, 0) is 6.42 Å². The van der Waals surface area contributed by atoms with Gasteiger partial charge in [-0.25, -0.2) is 9.97 Å². The molecule has 21 heavy (non-hydrogen) atoms. The maximum absolute atomic E-state index is 6.34. The van der Waals surface area contributed by atoms with Gasteiger partial charge in [0.25, 0.3) is 0 Å². The summed E-state index contributed by atoms with van der Waals surface area (Å²) in [4.78, 5) is 9.27. The van der Waals surface area contributed by atoms with Crippen molar-refractivity contribution in [2.45, 2.75) is 38.6 Å². The van der Waals surface area contributed by atoms with Crippen LogP contribution in [0.3, 0.4) is 0 Å². The summed E-state index contributed by atoms with van der Waals surface area (Å²) >= 11 is 8.06. The fourth-order valence-corrected chi connectivity index (χ4v) is 3.49. The Morgan fingerprint density at radius 3 is 2.86 bits per heavy atom. The minimum atomic E-state index is -0.135. The highest BCUT2D eigenvalue weighted by Gasteiger charge is 2.20. The van der Waals surface area contributed by atoms with Crippen molar-refractivity contribution < 1.29 is 0 Å². The average molecular weight is 320 g/mol. The van der Waals surface area contributed by atoms with E-state index in [2.05, 4.69) is 39.4 Å². The van der Waals surface area contributed by atoms with Gasteiger partial charge in [-0.15, -0.1) is 11.6 Å². The average Bonchev–Trinajstić information content (AvgIpc) is 3.04. The van der Waals surface area contributed by atoms with Crippen LogP contribution in [0.1, 0.15) is 42.2 Å². The molecule has 0 radical (unpaired) electrons. The lowest BCUT2D eigenvalue weighted by Gasteiger charge is -2.17. The number of halogens is 1. The third-order valence-electron chi connectivity index (χ3n) is 3.60. The van der Waals surface area contributed by atoms with Crippen molar-refractivity contribution in [3.8, 4) is 0 Å². The molecule has 5 heteroatoms. The highest BCUT2D eigenvalue weighted by molar-refractivity contribution is 7.07. The number of fused-ring (bicyclic) bond motifs is 1. The van der Waals surface area contributed by atoms with E-state index in [-0.39, 0.29) is 11.4 Å². The van der Waals surface area contributed by atoms with E-state index >= 15 is 0 Å². The Kier molecular flexibility index (Phi) is 4.00. The first-order chi connectivity index (χ1) is 10.1. The highest BCUT2D eigenvalue weighted by atomic mass is 35.5. The fraction of sp³-hybridized carbons (Fsp3) is 0.375. The van der Waals surface area contributed by atoms with Gasteiger partial charge >= 0.3 is 0 Å². The van der Waals surface area contributed by atoms with E-state index in [1.807, 2.05) is 20.0 Å². The molecule has 3 aromatic rings. The molecule has 0 aliphatic rings. The lowest BCUT2D eigenvalue weighted by Crippen LogP contribution is -2.12. The van der Waals surface area contributed by atoms with Crippen LogP contribution < -0.4 is 0 Å². The Balaban J connectivity index is 2.08. The minimum Gasteiger partial charge on any atom is -0.308 e. The van der Waals surface area contributed by atoms with E-state index in [4.69, 9.17) is 16.6 Å². The topological polar surface area (TPSA) is 30.7 Å². The lowest BCUT2D eigenvalue weighted by atomic mass is 10.1. The van der Waals surface area contributed by atoms with Crippen LogP contribution in [0.4, 0.5) is 0 Å². The molecule has 2 unspecified atom stereocenters. The van der Waals surface area contributed by atoms with E-state index in [1.54, 1.807) is 11.3 Å². The lowest BCUT2D eigenvalue weighted by molar-refractivity contribution is 0.532. The molecule has 110 valence electrons. The molecule has 0 aliphatic heterocycles. The van der Waals surface area contributed by atoms with Gasteiger partial charge in [0, 0.05) is 12.2 Å². The first-order valence-corrected chi connectivity index (χ1v) is 8.44. The third-order valence-corrected chi connectivity index (χ3v) is 4.53. The largest absolute Gasteiger partial charge is 0.308 e. The minimum absolute atomic E-state index is 0.135. The number of aromatic nitrogens is 3. The maximum Gasteiger partial charge on any atom is 0.160 e. The van der Waals surface area contributed by atoms with Gasteiger partial charge < -0.3 is 4.57 Å². The number of imidazole rings is 1. The molecule has 0 aromatic carbocycles. The Bertz CT molecular complexity index is 746. The summed E-state index contributed by atoms with van der Waals surface area (Å²) in [7, 11) is 0. The van der Waals surface area contributed by atoms with Gasteiger partial charge in [0.1, 0.15) is 11.3 Å². The van der Waals surface area contributed by atoms with Crippen molar-refractivity contribution in [1.82, 2.24) is 14.5 Å². The number of pyridine rings is 1. The molecule has 0 saturated carbocycles. The van der Waals surface area contributed by atoms with Crippen molar-refractivity contribution in [2.24, 2.45) is 0 Å². The molecule has 2 atom stereocenters. The van der Waals surface area contributed by atoms with E-state index in [0.29, 0.717) is 0 Å². The molecular formula is C16H18ClN3S. The van der Waals surface area contributed by atoms with Crippen LogP contribution in [0.2, 0.25) is 0 Å². The summed E-state index contributed by atoms with van der Waals surface area (Å²) < 4.78 is 2.18. The summed E-state index contributed by atoms with van der Waals surface area (Å²) in [5.74, 6) is 0.896. The molecule has 0 saturated heterocycles. The molecule has 0 amide bonds. The van der Waals surface area contributed by atoms with Crippen molar-refractivity contribution >= 4 is 34.1 Å². The predicted molar refractivity (Wildman–Crippen MR) is 89.3 cm³/mol. The van der Waals surface area contributed by atoms with Gasteiger partial charge in [-0.1, -0.05) is 0 Å². The van der Waals surface area contributed by atoms with Gasteiger partial charge in [-0.2, -0.15) is 11.3 Å². The number of alkyl halides is 1. The monoisotopic (exact) mass is 319 g/mol. The normalized spacial score (nSPS) is 14.5. The van der Waals surface area contributed by atoms with Gasteiger partial charge in [-0.3, -0.25) is 0 Å². The van der Waals surface area contributed by atoms with E-state index in [9.17, 15) is 0 Å². The molecule has 3 aromatic heterocycles. The van der Waals surface area contributed by atoms with Crippen molar-refractivity contribution in [3.05, 3.63) is 46.0 Å². The molecule has 3 rings (SSSR count). The molecule has 0 bridgehead atoms. The van der Waals surface area contributed by atoms with Crippen LogP contribution in [0, 0.1) is 6.92 Å². The summed E-state index contributed by atoms with van der Waals surface area (Å²) in [5, 5.41) is 4.17. The van der Waals surface area contributed by atoms with E-state index in [0.717, 1.165) is 29.0 Å². The second-order valence-corrected chi connectivity index (χ2v) is 6.93. The highest BCUT2D eigenvalue weighted by Crippen LogP contribution is 2.29. The molecule has 3 heterocycles. The maximum atomic E-state index is 6.34. The Morgan fingerprint density at radius 1 is 1.38 bits per heavy atom. The third kappa shape index (κ3) is 2.83. The van der Waals surface area contributed by atoms with Gasteiger partial charge in [0.05, 0.1) is 5.38 Å². The molecule has 3 nitrogen and oxygen atoms in total. The SMILES string of the molecule is Cc1cnc2c(c1)nc(C(C)Cl)n2C(C)Cc1ccsc1. The van der Waals surface area contributed by atoms with E-state index < -0.39 is 0 Å². The van der Waals surface area contributed by atoms with Crippen LogP contribution in [0.25, 0.3) is 11.2 Å². The Morgan fingerprint density at radius 2 is 2.19 bits per heavy atom. The number of nitrogens with zero attached hydrogens (tertiary/aromatic N) is 3. The molecule has 0 spiro atoms. The summed E-state index contributed by atoms with van der Waals surface area (Å²) in [6.45, 7) is 6.19. The first kappa shape index (κ1) is 14.5. The first-order valence-electron chi connectivity index (χ1n) is 7.06. The van der Waals surface area contributed by atoms with E-state index in [1.165, 1.54) is 5.56 Å². The predicted octanol–water partition coefficient (Wildman–Crippen LogP) is 4.90. The number of rotatable bonds is 4. The molecular weight excluding hydrogens is 302 g/mol. The zero-order chi connectivity index (χ0) is 15.0.